The molecule has 0 fully saturated rings. The number of hydrogen-bond donors (Lipinski definition) is 3. The zero-order valence-corrected chi connectivity index (χ0v) is 42.1. The molecule has 0 saturated heterocycles. The van der Waals surface area contributed by atoms with Crippen LogP contribution in [-0.4, -0.2) is 47.4 Å². The smallest absolute Gasteiger partial charge is 0.305 e. The molecule has 6 nitrogen and oxygen atoms in total. The van der Waals surface area contributed by atoms with Gasteiger partial charge >= 0.3 is 5.97 Å². The molecule has 1 amide bonds. The summed E-state index contributed by atoms with van der Waals surface area (Å²) in [6.45, 7) is 4.86. The molecule has 0 spiro atoms. The van der Waals surface area contributed by atoms with E-state index in [2.05, 4.69) is 43.5 Å². The molecule has 0 aliphatic rings. The number of ether oxygens (including phenoxy) is 1. The van der Waals surface area contributed by atoms with Crippen LogP contribution < -0.4 is 5.32 Å². The summed E-state index contributed by atoms with van der Waals surface area (Å²) in [5.74, 6) is -0.0758. The Kier molecular flexibility index (Phi) is 51.1. The highest BCUT2D eigenvalue weighted by Crippen LogP contribution is 2.16. The van der Waals surface area contributed by atoms with Gasteiger partial charge in [-0.15, -0.1) is 0 Å². The van der Waals surface area contributed by atoms with Crippen molar-refractivity contribution in [2.24, 2.45) is 0 Å². The van der Waals surface area contributed by atoms with E-state index in [9.17, 15) is 19.8 Å². The molecule has 0 aliphatic carbocycles. The summed E-state index contributed by atoms with van der Waals surface area (Å²) < 4.78 is 5.48. The van der Waals surface area contributed by atoms with Gasteiger partial charge in [-0.25, -0.2) is 0 Å². The van der Waals surface area contributed by atoms with E-state index in [4.69, 9.17) is 4.74 Å². The predicted octanol–water partition coefficient (Wildman–Crippen LogP) is 16.9. The van der Waals surface area contributed by atoms with Gasteiger partial charge < -0.3 is 20.3 Å². The van der Waals surface area contributed by atoms with E-state index in [-0.39, 0.29) is 18.5 Å². The summed E-state index contributed by atoms with van der Waals surface area (Å²) in [5, 5.41) is 23.0. The number of allylic oxidation sites excluding steroid dienone is 5. The van der Waals surface area contributed by atoms with E-state index in [0.29, 0.717) is 19.4 Å². The summed E-state index contributed by atoms with van der Waals surface area (Å²) in [6.07, 6.45) is 64.5. The monoisotopic (exact) mass is 886 g/mol. The topological polar surface area (TPSA) is 95.9 Å². The second-order valence-electron chi connectivity index (χ2n) is 18.9. The van der Waals surface area contributed by atoms with Crippen LogP contribution in [-0.2, 0) is 14.3 Å². The average molecular weight is 886 g/mol. The number of nitrogens with one attached hydrogen (secondary N) is 1. The van der Waals surface area contributed by atoms with Gasteiger partial charge in [0.05, 0.1) is 25.4 Å². The minimum absolute atomic E-state index is 0.00139. The van der Waals surface area contributed by atoms with Crippen molar-refractivity contribution in [1.82, 2.24) is 5.32 Å². The molecule has 6 heteroatoms. The number of carbonyl (C=O) groups excluding carboxylic acids is 2. The number of hydrogen-bond acceptors (Lipinski definition) is 5. The molecule has 63 heavy (non-hydrogen) atoms. The third-order valence-corrected chi connectivity index (χ3v) is 12.7. The van der Waals surface area contributed by atoms with Gasteiger partial charge in [0.2, 0.25) is 5.91 Å². The van der Waals surface area contributed by atoms with Crippen LogP contribution in [0.3, 0.4) is 0 Å². The lowest BCUT2D eigenvalue weighted by molar-refractivity contribution is -0.143. The molecule has 0 aromatic carbocycles. The van der Waals surface area contributed by atoms with E-state index in [1.807, 2.05) is 6.08 Å². The molecule has 0 radical (unpaired) electrons. The Balaban J connectivity index is 3.40. The predicted molar refractivity (Wildman–Crippen MR) is 273 cm³/mol. The molecule has 0 aromatic heterocycles. The minimum atomic E-state index is -0.845. The number of rotatable bonds is 51. The highest BCUT2D eigenvalue weighted by atomic mass is 16.5. The summed E-state index contributed by atoms with van der Waals surface area (Å²) in [6, 6.07) is -0.629. The maximum absolute atomic E-state index is 12.4. The summed E-state index contributed by atoms with van der Waals surface area (Å²) >= 11 is 0. The first kappa shape index (κ1) is 61.1. The number of aliphatic hydroxyl groups is 2. The van der Waals surface area contributed by atoms with Crippen LogP contribution in [0.15, 0.2) is 36.5 Å². The van der Waals surface area contributed by atoms with Crippen molar-refractivity contribution in [2.75, 3.05) is 13.2 Å². The first-order chi connectivity index (χ1) is 31.0. The second-order valence-corrected chi connectivity index (χ2v) is 18.9. The maximum Gasteiger partial charge on any atom is 0.305 e. The quantitative estimate of drug-likeness (QED) is 0.0321. The van der Waals surface area contributed by atoms with E-state index >= 15 is 0 Å². The maximum atomic E-state index is 12.4. The Bertz CT molecular complexity index is 1020. The van der Waals surface area contributed by atoms with Crippen LogP contribution in [0.5, 0.6) is 0 Å². The number of aliphatic hydroxyl groups excluding tert-OH is 2. The summed E-state index contributed by atoms with van der Waals surface area (Å²) in [4.78, 5) is 24.5. The van der Waals surface area contributed by atoms with Crippen LogP contribution in [0.25, 0.3) is 0 Å². The first-order valence-corrected chi connectivity index (χ1v) is 27.8. The average Bonchev–Trinajstić information content (AvgIpc) is 3.28. The molecule has 0 bridgehead atoms. The molecule has 3 N–H and O–H groups in total. The third kappa shape index (κ3) is 49.4. The molecule has 370 valence electrons. The largest absolute Gasteiger partial charge is 0.466 e. The van der Waals surface area contributed by atoms with Gasteiger partial charge in [0.15, 0.2) is 0 Å². The molecule has 2 atom stereocenters. The Labute approximate surface area is 392 Å². The fourth-order valence-electron chi connectivity index (χ4n) is 8.37. The van der Waals surface area contributed by atoms with Crippen molar-refractivity contribution in [3.05, 3.63) is 36.5 Å². The highest BCUT2D eigenvalue weighted by molar-refractivity contribution is 5.76. The molecular formula is C57H107NO5. The van der Waals surface area contributed by atoms with Crippen LogP contribution in [0.1, 0.15) is 290 Å². The lowest BCUT2D eigenvalue weighted by Crippen LogP contribution is -2.45. The van der Waals surface area contributed by atoms with Gasteiger partial charge in [-0.05, 0) is 64.2 Å². The fraction of sp³-hybridized carbons (Fsp3) is 0.860. The zero-order valence-electron chi connectivity index (χ0n) is 42.1. The van der Waals surface area contributed by atoms with E-state index in [1.54, 1.807) is 6.08 Å². The number of amides is 1. The number of unbranched alkanes of at least 4 members (excludes halogenated alkanes) is 36. The third-order valence-electron chi connectivity index (χ3n) is 12.7. The van der Waals surface area contributed by atoms with Gasteiger partial charge in [0.1, 0.15) is 0 Å². The summed E-state index contributed by atoms with van der Waals surface area (Å²) in [7, 11) is 0. The van der Waals surface area contributed by atoms with Gasteiger partial charge in [0, 0.05) is 12.8 Å². The lowest BCUT2D eigenvalue weighted by atomic mass is 10.0. The molecular weight excluding hydrogens is 779 g/mol. The van der Waals surface area contributed by atoms with Crippen molar-refractivity contribution in [3.8, 4) is 0 Å². The van der Waals surface area contributed by atoms with Gasteiger partial charge in [-0.1, -0.05) is 249 Å². The molecule has 2 unspecified atom stereocenters. The van der Waals surface area contributed by atoms with Gasteiger partial charge in [0.25, 0.3) is 0 Å². The fourth-order valence-corrected chi connectivity index (χ4v) is 8.37. The van der Waals surface area contributed by atoms with Gasteiger partial charge in [-0.2, -0.15) is 0 Å². The van der Waals surface area contributed by atoms with Crippen molar-refractivity contribution >= 4 is 11.9 Å². The molecule has 0 heterocycles. The van der Waals surface area contributed by atoms with Crippen LogP contribution >= 0.6 is 0 Å². The van der Waals surface area contributed by atoms with Crippen molar-refractivity contribution in [2.45, 2.75) is 302 Å². The second kappa shape index (κ2) is 52.7. The molecule has 0 aromatic rings. The van der Waals surface area contributed by atoms with Crippen LogP contribution in [0, 0.1) is 0 Å². The Morgan fingerprint density at radius 3 is 1.22 bits per heavy atom. The molecule has 0 saturated carbocycles. The van der Waals surface area contributed by atoms with Gasteiger partial charge in [-0.3, -0.25) is 9.59 Å². The standard InChI is InChI=1S/C57H107NO5/c1-3-5-7-9-11-13-15-16-17-18-22-25-28-31-35-39-43-47-51-57(62)63-52-48-44-40-36-32-29-26-23-20-19-21-24-27-30-34-38-42-46-50-56(61)58-54(53-59)55(60)49-45-41-37-33-14-12-10-8-6-4-2/h13,15,17-18,45,49,54-55,59-60H,3-12,14,16,19-44,46-48,50-53H2,1-2H3,(H,58,61)/b15-13-,18-17-,49-45+. The molecule has 0 rings (SSSR count). The van der Waals surface area contributed by atoms with E-state index < -0.39 is 12.1 Å². The van der Waals surface area contributed by atoms with Crippen molar-refractivity contribution in [1.29, 1.82) is 0 Å². The van der Waals surface area contributed by atoms with Crippen molar-refractivity contribution < 1.29 is 24.5 Å². The Morgan fingerprint density at radius 2 is 0.794 bits per heavy atom. The zero-order chi connectivity index (χ0) is 45.8. The Morgan fingerprint density at radius 1 is 0.444 bits per heavy atom. The number of esters is 1. The van der Waals surface area contributed by atoms with Crippen LogP contribution in [0.2, 0.25) is 0 Å². The van der Waals surface area contributed by atoms with Crippen molar-refractivity contribution in [3.63, 3.8) is 0 Å². The lowest BCUT2D eigenvalue weighted by Gasteiger charge is -2.20. The normalized spacial score (nSPS) is 12.9. The number of carbonyl (C=O) groups is 2. The minimum Gasteiger partial charge on any atom is -0.466 e. The Hall–Kier alpha value is -1.92. The SMILES string of the molecule is CCCCCC/C=C\C/C=C\CCCCCCCCCC(=O)OCCCCCCCCCCCCCCCCCCCCC(=O)NC(CO)C(O)/C=C/CCCCCCCCCC. The first-order valence-electron chi connectivity index (χ1n) is 27.8. The van der Waals surface area contributed by atoms with E-state index in [0.717, 1.165) is 51.4 Å². The highest BCUT2D eigenvalue weighted by Gasteiger charge is 2.18. The summed E-state index contributed by atoms with van der Waals surface area (Å²) in [5.41, 5.74) is 0. The van der Waals surface area contributed by atoms with E-state index in [1.165, 1.54) is 212 Å². The van der Waals surface area contributed by atoms with Crippen LogP contribution in [0.4, 0.5) is 0 Å². The molecule has 0 aliphatic heterocycles.